The Morgan fingerprint density at radius 3 is 3.00 bits per heavy atom. The number of aryl methyl sites for hydroxylation is 1. The minimum absolute atomic E-state index is 0.0100. The van der Waals surface area contributed by atoms with Gasteiger partial charge < -0.3 is 19.1 Å². The fourth-order valence-corrected chi connectivity index (χ4v) is 3.00. The van der Waals surface area contributed by atoms with Crippen LogP contribution in [0.15, 0.2) is 23.0 Å². The Labute approximate surface area is 146 Å². The van der Waals surface area contributed by atoms with Crippen molar-refractivity contribution in [3.63, 3.8) is 0 Å². The molecular formula is C17H23N5O3. The number of aromatic nitrogens is 3. The summed E-state index contributed by atoms with van der Waals surface area (Å²) in [6.45, 7) is 0.747. The van der Waals surface area contributed by atoms with Crippen molar-refractivity contribution in [2.75, 3.05) is 32.6 Å². The molecule has 3 rings (SSSR count). The average Bonchev–Trinajstić information content (AvgIpc) is 3.29. The number of likely N-dealkylation sites (tertiary alicyclic amines) is 1. The van der Waals surface area contributed by atoms with Crippen molar-refractivity contribution in [3.05, 3.63) is 29.9 Å². The molecular weight excluding hydrogens is 322 g/mol. The molecule has 0 radical (unpaired) electrons. The van der Waals surface area contributed by atoms with Gasteiger partial charge in [-0.1, -0.05) is 0 Å². The summed E-state index contributed by atoms with van der Waals surface area (Å²) in [6, 6.07) is 1.70. The number of nitrogens with zero attached hydrogens (tertiary/aromatic N) is 5. The van der Waals surface area contributed by atoms with E-state index in [4.69, 9.17) is 9.26 Å². The summed E-state index contributed by atoms with van der Waals surface area (Å²) in [5.74, 6) is 1.97. The van der Waals surface area contributed by atoms with Crippen LogP contribution in [0.2, 0.25) is 0 Å². The van der Waals surface area contributed by atoms with Crippen molar-refractivity contribution >= 4 is 11.7 Å². The second kappa shape index (κ2) is 7.50. The minimum Gasteiger partial charge on any atom is -0.479 e. The van der Waals surface area contributed by atoms with E-state index >= 15 is 0 Å². The van der Waals surface area contributed by atoms with Gasteiger partial charge in [0, 0.05) is 39.5 Å². The van der Waals surface area contributed by atoms with Crippen LogP contribution in [0.3, 0.4) is 0 Å². The van der Waals surface area contributed by atoms with Crippen molar-refractivity contribution in [3.8, 4) is 5.88 Å². The fraction of sp³-hybridized carbons (Fsp3) is 0.529. The molecule has 1 fully saturated rings. The smallest absolute Gasteiger partial charge is 0.254 e. The number of methoxy groups -OCH3 is 1. The van der Waals surface area contributed by atoms with Crippen molar-refractivity contribution in [1.29, 1.82) is 0 Å². The van der Waals surface area contributed by atoms with E-state index in [2.05, 4.69) is 15.1 Å². The molecule has 0 aromatic carbocycles. The number of anilines is 1. The molecule has 0 aliphatic carbocycles. The highest BCUT2D eigenvalue weighted by molar-refractivity contribution is 5.77. The molecule has 0 spiro atoms. The quantitative estimate of drug-likeness (QED) is 0.789. The zero-order chi connectivity index (χ0) is 17.8. The second-order valence-electron chi connectivity index (χ2n) is 6.28. The van der Waals surface area contributed by atoms with Gasteiger partial charge >= 0.3 is 0 Å². The third-order valence-electron chi connectivity index (χ3n) is 4.34. The van der Waals surface area contributed by atoms with Crippen LogP contribution in [0.5, 0.6) is 5.88 Å². The monoisotopic (exact) mass is 345 g/mol. The van der Waals surface area contributed by atoms with Gasteiger partial charge in [0.1, 0.15) is 11.6 Å². The maximum atomic E-state index is 12.7. The van der Waals surface area contributed by atoms with Gasteiger partial charge in [-0.25, -0.2) is 4.98 Å². The highest BCUT2D eigenvalue weighted by Gasteiger charge is 2.31. The normalized spacial score (nSPS) is 16.9. The van der Waals surface area contributed by atoms with Gasteiger partial charge in [-0.3, -0.25) is 9.78 Å². The van der Waals surface area contributed by atoms with Gasteiger partial charge in [-0.05, 0) is 18.0 Å². The Kier molecular flexibility index (Phi) is 5.16. The molecule has 25 heavy (non-hydrogen) atoms. The molecule has 8 nitrogen and oxygen atoms in total. The molecule has 1 aliphatic rings. The van der Waals surface area contributed by atoms with Crippen LogP contribution in [0.4, 0.5) is 5.82 Å². The summed E-state index contributed by atoms with van der Waals surface area (Å²) in [5, 5.41) is 3.75. The van der Waals surface area contributed by atoms with Crippen molar-refractivity contribution in [2.24, 2.45) is 0 Å². The van der Waals surface area contributed by atoms with E-state index in [1.54, 1.807) is 18.5 Å². The van der Waals surface area contributed by atoms with Gasteiger partial charge in [0.25, 0.3) is 5.88 Å². The van der Waals surface area contributed by atoms with Crippen LogP contribution in [-0.2, 0) is 11.2 Å². The topological polar surface area (TPSA) is 84.6 Å². The molecule has 2 aromatic rings. The predicted molar refractivity (Wildman–Crippen MR) is 91.4 cm³/mol. The Hall–Kier alpha value is -2.64. The Morgan fingerprint density at radius 1 is 1.44 bits per heavy atom. The molecule has 0 saturated carbocycles. The molecule has 8 heteroatoms. The zero-order valence-electron chi connectivity index (χ0n) is 14.8. The summed E-state index contributed by atoms with van der Waals surface area (Å²) in [5.41, 5.74) is 0.846. The van der Waals surface area contributed by atoms with E-state index in [0.717, 1.165) is 30.9 Å². The minimum atomic E-state index is -0.0100. The van der Waals surface area contributed by atoms with Crippen molar-refractivity contribution in [1.82, 2.24) is 20.0 Å². The van der Waals surface area contributed by atoms with Crippen molar-refractivity contribution in [2.45, 2.75) is 31.7 Å². The van der Waals surface area contributed by atoms with Crippen LogP contribution in [0, 0.1) is 0 Å². The lowest BCUT2D eigenvalue weighted by molar-refractivity contribution is -0.132. The maximum Gasteiger partial charge on any atom is 0.254 e. The van der Waals surface area contributed by atoms with E-state index in [9.17, 15) is 4.79 Å². The first kappa shape index (κ1) is 17.2. The van der Waals surface area contributed by atoms with Gasteiger partial charge in [0.05, 0.1) is 31.2 Å². The van der Waals surface area contributed by atoms with Crippen LogP contribution in [0.1, 0.15) is 36.8 Å². The third kappa shape index (κ3) is 3.89. The predicted octanol–water partition coefficient (Wildman–Crippen LogP) is 1.84. The summed E-state index contributed by atoms with van der Waals surface area (Å²) < 4.78 is 10.1. The Morgan fingerprint density at radius 2 is 2.28 bits per heavy atom. The van der Waals surface area contributed by atoms with E-state index in [0.29, 0.717) is 24.5 Å². The second-order valence-corrected chi connectivity index (χ2v) is 6.28. The largest absolute Gasteiger partial charge is 0.479 e. The number of rotatable bonds is 6. The Bertz CT molecular complexity index is 731. The van der Waals surface area contributed by atoms with Crippen LogP contribution < -0.4 is 9.64 Å². The van der Waals surface area contributed by atoms with Crippen molar-refractivity contribution < 1.29 is 14.1 Å². The number of amides is 1. The Balaban J connectivity index is 1.66. The molecule has 1 saturated heterocycles. The highest BCUT2D eigenvalue weighted by Crippen LogP contribution is 2.32. The van der Waals surface area contributed by atoms with Crippen LogP contribution in [0.25, 0.3) is 0 Å². The average molecular weight is 345 g/mol. The number of ether oxygens (including phenoxy) is 1. The standard InChI is InChI=1S/C17H23N5O3/c1-21(2)15-11-18-10-13(19-15)14-5-4-8-22(14)17(23)7-6-12-9-16(24-3)20-25-12/h9-11,14H,4-8H2,1-3H3. The highest BCUT2D eigenvalue weighted by atomic mass is 16.5. The summed E-state index contributed by atoms with van der Waals surface area (Å²) in [6.07, 6.45) is 6.23. The van der Waals surface area contributed by atoms with Crippen LogP contribution >= 0.6 is 0 Å². The molecule has 1 unspecified atom stereocenters. The first-order valence-electron chi connectivity index (χ1n) is 8.37. The lowest BCUT2D eigenvalue weighted by atomic mass is 10.1. The first-order valence-corrected chi connectivity index (χ1v) is 8.37. The van der Waals surface area contributed by atoms with E-state index in [1.165, 1.54) is 7.11 Å². The van der Waals surface area contributed by atoms with Gasteiger partial charge in [-0.2, -0.15) is 0 Å². The SMILES string of the molecule is COc1cc(CCC(=O)N2CCCC2c2cncc(N(C)C)n2)on1. The lowest BCUT2D eigenvalue weighted by Gasteiger charge is -2.24. The summed E-state index contributed by atoms with van der Waals surface area (Å²) in [4.78, 5) is 25.4. The molecule has 0 N–H and O–H groups in total. The van der Waals surface area contributed by atoms with E-state index in [1.807, 2.05) is 23.9 Å². The summed E-state index contributed by atoms with van der Waals surface area (Å²) in [7, 11) is 5.39. The number of carbonyl (C=O) groups is 1. The van der Waals surface area contributed by atoms with Crippen LogP contribution in [-0.4, -0.2) is 53.7 Å². The maximum absolute atomic E-state index is 12.7. The number of hydrogen-bond donors (Lipinski definition) is 0. The summed E-state index contributed by atoms with van der Waals surface area (Å²) >= 11 is 0. The number of carbonyl (C=O) groups excluding carboxylic acids is 1. The zero-order valence-corrected chi connectivity index (χ0v) is 14.8. The molecule has 2 aromatic heterocycles. The van der Waals surface area contributed by atoms with Gasteiger partial charge in [0.2, 0.25) is 5.91 Å². The molecule has 134 valence electrons. The molecule has 1 aliphatic heterocycles. The number of hydrogen-bond acceptors (Lipinski definition) is 7. The fourth-order valence-electron chi connectivity index (χ4n) is 3.00. The lowest BCUT2D eigenvalue weighted by Crippen LogP contribution is -2.31. The molecule has 3 heterocycles. The van der Waals surface area contributed by atoms with E-state index < -0.39 is 0 Å². The first-order chi connectivity index (χ1) is 12.1. The van der Waals surface area contributed by atoms with E-state index in [-0.39, 0.29) is 11.9 Å². The van der Waals surface area contributed by atoms with Gasteiger partial charge in [0.15, 0.2) is 0 Å². The third-order valence-corrected chi connectivity index (χ3v) is 4.34. The molecule has 1 amide bonds. The van der Waals surface area contributed by atoms with Gasteiger partial charge in [-0.15, -0.1) is 0 Å². The molecule has 1 atom stereocenters. The molecule has 0 bridgehead atoms.